The third kappa shape index (κ3) is 2.24. The molecule has 126 valence electrons. The molecule has 2 fully saturated rings. The maximum atomic E-state index is 13.4. The molecule has 3 heterocycles. The van der Waals surface area contributed by atoms with Crippen LogP contribution in [0.5, 0.6) is 0 Å². The van der Waals surface area contributed by atoms with Gasteiger partial charge in [0, 0.05) is 25.1 Å². The van der Waals surface area contributed by atoms with E-state index < -0.39 is 11.4 Å². The number of hydrogen-bond acceptors (Lipinski definition) is 4. The topological polar surface area (TPSA) is 62.7 Å². The van der Waals surface area contributed by atoms with E-state index in [1.54, 1.807) is 6.07 Å². The highest BCUT2D eigenvalue weighted by Crippen LogP contribution is 2.43. The van der Waals surface area contributed by atoms with E-state index in [2.05, 4.69) is 4.98 Å². The van der Waals surface area contributed by atoms with E-state index in [1.165, 1.54) is 12.1 Å². The molecule has 0 bridgehead atoms. The molecule has 1 aromatic carbocycles. The normalized spacial score (nSPS) is 26.6. The molecule has 4 rings (SSSR count). The Morgan fingerprint density at radius 1 is 1.46 bits per heavy atom. The Kier molecular flexibility index (Phi) is 3.46. The molecule has 0 saturated carbocycles. The summed E-state index contributed by atoms with van der Waals surface area (Å²) >= 11 is 0. The Bertz CT molecular complexity index is 825. The van der Waals surface area contributed by atoms with Crippen molar-refractivity contribution >= 4 is 22.7 Å². The molecular formula is C18H19FN2O3. The second-order valence-electron chi connectivity index (χ2n) is 6.84. The molecule has 2 aliphatic rings. The van der Waals surface area contributed by atoms with E-state index in [9.17, 15) is 14.3 Å². The van der Waals surface area contributed by atoms with Crippen molar-refractivity contribution in [2.45, 2.75) is 13.3 Å². The van der Waals surface area contributed by atoms with Crippen LogP contribution in [0.4, 0.5) is 10.2 Å². The maximum absolute atomic E-state index is 13.4. The summed E-state index contributed by atoms with van der Waals surface area (Å²) in [5.74, 6) is -0.264. The van der Waals surface area contributed by atoms with Gasteiger partial charge in [-0.2, -0.15) is 0 Å². The van der Waals surface area contributed by atoms with Crippen LogP contribution < -0.4 is 4.90 Å². The highest BCUT2D eigenvalue weighted by Gasteiger charge is 2.54. The third-order valence-corrected chi connectivity index (χ3v) is 5.38. The number of carboxylic acid groups (broad SMARTS) is 1. The number of aromatic nitrogens is 1. The summed E-state index contributed by atoms with van der Waals surface area (Å²) in [6, 6.07) is 6.46. The molecule has 0 aliphatic carbocycles. The first-order valence-corrected chi connectivity index (χ1v) is 8.13. The highest BCUT2D eigenvalue weighted by molar-refractivity contribution is 5.84. The number of anilines is 1. The predicted molar refractivity (Wildman–Crippen MR) is 87.6 cm³/mol. The van der Waals surface area contributed by atoms with Crippen molar-refractivity contribution in [3.63, 3.8) is 0 Å². The fourth-order valence-electron chi connectivity index (χ4n) is 3.98. The van der Waals surface area contributed by atoms with Gasteiger partial charge in [-0.25, -0.2) is 9.37 Å². The number of ether oxygens (including phenoxy) is 1. The van der Waals surface area contributed by atoms with Crippen LogP contribution in [0.25, 0.3) is 10.9 Å². The van der Waals surface area contributed by atoms with Gasteiger partial charge in [0.1, 0.15) is 17.1 Å². The number of fused-ring (bicyclic) bond motifs is 2. The standard InChI is InChI=1S/C18H19FN2O3/c1-11-6-16(20-15-3-2-13(19)7-14(11)15)21-8-12-4-5-24-10-18(12,9-21)17(22)23/h2-3,6-7,12H,4-5,8-10H2,1H3,(H,22,23)/t12-,18+/m0/s1. The minimum atomic E-state index is -0.856. The monoisotopic (exact) mass is 330 g/mol. The molecule has 6 heteroatoms. The van der Waals surface area contributed by atoms with Crippen LogP contribution >= 0.6 is 0 Å². The van der Waals surface area contributed by atoms with Crippen molar-refractivity contribution in [3.05, 3.63) is 35.6 Å². The quantitative estimate of drug-likeness (QED) is 0.917. The van der Waals surface area contributed by atoms with Gasteiger partial charge in [0.25, 0.3) is 0 Å². The first-order chi connectivity index (χ1) is 11.5. The lowest BCUT2D eigenvalue weighted by Crippen LogP contribution is -2.46. The zero-order valence-corrected chi connectivity index (χ0v) is 13.5. The summed E-state index contributed by atoms with van der Waals surface area (Å²) in [4.78, 5) is 18.5. The van der Waals surface area contributed by atoms with E-state index in [1.807, 2.05) is 17.9 Å². The van der Waals surface area contributed by atoms with Crippen LogP contribution in [0.2, 0.25) is 0 Å². The van der Waals surface area contributed by atoms with Gasteiger partial charge >= 0.3 is 5.97 Å². The molecule has 1 N–H and O–H groups in total. The second-order valence-corrected chi connectivity index (χ2v) is 6.84. The molecule has 24 heavy (non-hydrogen) atoms. The Labute approximate surface area is 139 Å². The van der Waals surface area contributed by atoms with Gasteiger partial charge in [-0.1, -0.05) is 0 Å². The third-order valence-electron chi connectivity index (χ3n) is 5.38. The minimum Gasteiger partial charge on any atom is -0.481 e. The first kappa shape index (κ1) is 15.3. The molecule has 2 saturated heterocycles. The Balaban J connectivity index is 1.73. The molecule has 2 atom stereocenters. The van der Waals surface area contributed by atoms with Gasteiger partial charge in [0.15, 0.2) is 0 Å². The number of carbonyl (C=O) groups is 1. The molecule has 0 unspecified atom stereocenters. The van der Waals surface area contributed by atoms with E-state index >= 15 is 0 Å². The van der Waals surface area contributed by atoms with Gasteiger partial charge in [-0.05, 0) is 49.1 Å². The summed E-state index contributed by atoms with van der Waals surface area (Å²) in [6.07, 6.45) is 0.751. The Hall–Kier alpha value is -2.21. The van der Waals surface area contributed by atoms with E-state index in [0.717, 1.165) is 28.7 Å². The lowest BCUT2D eigenvalue weighted by molar-refractivity contribution is -0.159. The Morgan fingerprint density at radius 3 is 3.04 bits per heavy atom. The second kappa shape index (κ2) is 5.41. The van der Waals surface area contributed by atoms with Crippen molar-refractivity contribution in [1.29, 1.82) is 0 Å². The summed E-state index contributed by atoms with van der Waals surface area (Å²) in [7, 11) is 0. The smallest absolute Gasteiger partial charge is 0.314 e. The number of benzene rings is 1. The van der Waals surface area contributed by atoms with Crippen LogP contribution in [-0.2, 0) is 9.53 Å². The Morgan fingerprint density at radius 2 is 2.29 bits per heavy atom. The average Bonchev–Trinajstić information content (AvgIpc) is 2.96. The zero-order valence-electron chi connectivity index (χ0n) is 13.5. The van der Waals surface area contributed by atoms with Crippen molar-refractivity contribution in [2.75, 3.05) is 31.2 Å². The van der Waals surface area contributed by atoms with Crippen molar-refractivity contribution in [3.8, 4) is 0 Å². The van der Waals surface area contributed by atoms with Crippen LogP contribution in [-0.4, -0.2) is 42.4 Å². The van der Waals surface area contributed by atoms with Gasteiger partial charge < -0.3 is 14.7 Å². The molecule has 0 amide bonds. The molecule has 0 radical (unpaired) electrons. The number of aryl methyl sites for hydroxylation is 1. The van der Waals surface area contributed by atoms with Crippen molar-refractivity contribution in [1.82, 2.24) is 4.98 Å². The predicted octanol–water partition coefficient (Wildman–Crippen LogP) is 2.61. The van der Waals surface area contributed by atoms with Gasteiger partial charge in [0.2, 0.25) is 0 Å². The van der Waals surface area contributed by atoms with Crippen LogP contribution in [0, 0.1) is 24.1 Å². The first-order valence-electron chi connectivity index (χ1n) is 8.13. The summed E-state index contributed by atoms with van der Waals surface area (Å²) < 4.78 is 18.9. The molecule has 2 aromatic rings. The number of pyridine rings is 1. The summed E-state index contributed by atoms with van der Waals surface area (Å²) in [5, 5.41) is 10.5. The summed E-state index contributed by atoms with van der Waals surface area (Å²) in [5.41, 5.74) is 0.804. The molecule has 2 aliphatic heterocycles. The van der Waals surface area contributed by atoms with Crippen LogP contribution in [0.3, 0.4) is 0 Å². The number of nitrogens with zero attached hydrogens (tertiary/aromatic N) is 2. The molecule has 5 nitrogen and oxygen atoms in total. The largest absolute Gasteiger partial charge is 0.481 e. The molecule has 0 spiro atoms. The lowest BCUT2D eigenvalue weighted by atomic mass is 9.76. The number of rotatable bonds is 2. The maximum Gasteiger partial charge on any atom is 0.314 e. The van der Waals surface area contributed by atoms with Gasteiger partial charge in [0.05, 0.1) is 12.1 Å². The SMILES string of the molecule is Cc1cc(N2C[C@@H]3CCOC[C@]3(C(=O)O)C2)nc2ccc(F)cc12. The van der Waals surface area contributed by atoms with Gasteiger partial charge in [-0.15, -0.1) is 0 Å². The lowest BCUT2D eigenvalue weighted by Gasteiger charge is -2.33. The molecular weight excluding hydrogens is 311 g/mol. The van der Waals surface area contributed by atoms with E-state index in [4.69, 9.17) is 4.74 Å². The zero-order chi connectivity index (χ0) is 16.9. The van der Waals surface area contributed by atoms with Crippen molar-refractivity contribution < 1.29 is 19.0 Å². The van der Waals surface area contributed by atoms with Crippen molar-refractivity contribution in [2.24, 2.45) is 11.3 Å². The van der Waals surface area contributed by atoms with E-state index in [0.29, 0.717) is 19.7 Å². The average molecular weight is 330 g/mol. The minimum absolute atomic E-state index is 0.0646. The number of carboxylic acids is 1. The number of aliphatic carboxylic acids is 1. The fraction of sp³-hybridized carbons (Fsp3) is 0.444. The number of halogens is 1. The van der Waals surface area contributed by atoms with Gasteiger partial charge in [-0.3, -0.25) is 4.79 Å². The van der Waals surface area contributed by atoms with E-state index in [-0.39, 0.29) is 18.3 Å². The van der Waals surface area contributed by atoms with Crippen LogP contribution in [0.1, 0.15) is 12.0 Å². The highest BCUT2D eigenvalue weighted by atomic mass is 19.1. The number of hydrogen-bond donors (Lipinski definition) is 1. The fourth-order valence-corrected chi connectivity index (χ4v) is 3.98. The molecule has 1 aromatic heterocycles. The van der Waals surface area contributed by atoms with Crippen LogP contribution in [0.15, 0.2) is 24.3 Å². The summed E-state index contributed by atoms with van der Waals surface area (Å²) in [6.45, 7) is 3.84.